The number of rotatable bonds is 4. The molecule has 0 saturated carbocycles. The number of hydrogen-bond acceptors (Lipinski definition) is 3. The van der Waals surface area contributed by atoms with E-state index in [1.807, 2.05) is 48.5 Å². The Morgan fingerprint density at radius 1 is 1.17 bits per heavy atom. The average Bonchev–Trinajstić information content (AvgIpc) is 2.78. The van der Waals surface area contributed by atoms with Crippen molar-refractivity contribution in [1.29, 1.82) is 0 Å². The number of carbonyl (C=O) groups excluding carboxylic acids is 2. The largest absolute Gasteiger partial charge is 0.488 e. The first-order chi connectivity index (χ1) is 14.6. The van der Waals surface area contributed by atoms with Crippen molar-refractivity contribution in [2.45, 2.75) is 12.8 Å². The number of hydrogen-bond donors (Lipinski definition) is 1. The quantitative estimate of drug-likeness (QED) is 0.735. The molecular weight excluding hydrogens is 400 g/mol. The maximum atomic E-state index is 12.7. The number of benzene rings is 2. The van der Waals surface area contributed by atoms with E-state index in [9.17, 15) is 9.59 Å². The van der Waals surface area contributed by atoms with Gasteiger partial charge in [0.05, 0.1) is 5.92 Å². The predicted octanol–water partition coefficient (Wildman–Crippen LogP) is 4.55. The van der Waals surface area contributed by atoms with Gasteiger partial charge in [-0.15, -0.1) is 0 Å². The fourth-order valence-electron chi connectivity index (χ4n) is 3.70. The third-order valence-corrected chi connectivity index (χ3v) is 5.53. The van der Waals surface area contributed by atoms with Crippen molar-refractivity contribution in [2.24, 2.45) is 5.92 Å². The highest BCUT2D eigenvalue weighted by molar-refractivity contribution is 6.30. The van der Waals surface area contributed by atoms with Gasteiger partial charge in [-0.1, -0.05) is 35.9 Å². The van der Waals surface area contributed by atoms with Crippen LogP contribution in [0, 0.1) is 5.92 Å². The third kappa shape index (κ3) is 4.92. The molecule has 1 atom stereocenters. The summed E-state index contributed by atoms with van der Waals surface area (Å²) in [6.45, 7) is 1.49. The first-order valence-electron chi connectivity index (χ1n) is 10.0. The second kappa shape index (κ2) is 9.18. The minimum Gasteiger partial charge on any atom is -0.488 e. The molecule has 2 aromatic rings. The summed E-state index contributed by atoms with van der Waals surface area (Å²) in [5.41, 5.74) is 2.57. The number of amides is 2. The lowest BCUT2D eigenvalue weighted by Crippen LogP contribution is -2.43. The topological polar surface area (TPSA) is 58.6 Å². The SMILES string of the molecule is O=C(Nc1ccccc1)C1CCCN(C(=O)/C=C/C2=Cc3cc(Cl)ccc3OC2)C1. The first-order valence-corrected chi connectivity index (χ1v) is 10.4. The number of nitrogens with one attached hydrogen (secondary N) is 1. The fraction of sp³-hybridized carbons (Fsp3) is 0.250. The summed E-state index contributed by atoms with van der Waals surface area (Å²) in [5.74, 6) is 0.443. The molecule has 0 aromatic heterocycles. The van der Waals surface area contributed by atoms with Gasteiger partial charge in [0, 0.05) is 35.4 Å². The predicted molar refractivity (Wildman–Crippen MR) is 118 cm³/mol. The van der Waals surface area contributed by atoms with Crippen LogP contribution in [0.15, 0.2) is 66.3 Å². The van der Waals surface area contributed by atoms with Crippen LogP contribution < -0.4 is 10.1 Å². The van der Waals surface area contributed by atoms with E-state index in [1.165, 1.54) is 0 Å². The minimum atomic E-state index is -0.206. The maximum Gasteiger partial charge on any atom is 0.246 e. The lowest BCUT2D eigenvalue weighted by atomic mass is 9.97. The van der Waals surface area contributed by atoms with Gasteiger partial charge in [-0.25, -0.2) is 0 Å². The monoisotopic (exact) mass is 422 g/mol. The summed E-state index contributed by atoms with van der Waals surface area (Å²) in [4.78, 5) is 27.0. The summed E-state index contributed by atoms with van der Waals surface area (Å²) in [7, 11) is 0. The highest BCUT2D eigenvalue weighted by Gasteiger charge is 2.27. The van der Waals surface area contributed by atoms with Gasteiger partial charge in [0.25, 0.3) is 0 Å². The number of ether oxygens (including phenoxy) is 1. The molecule has 154 valence electrons. The molecule has 0 radical (unpaired) electrons. The van der Waals surface area contributed by atoms with E-state index in [-0.39, 0.29) is 17.7 Å². The second-order valence-electron chi connectivity index (χ2n) is 7.50. The molecule has 1 fully saturated rings. The Balaban J connectivity index is 1.37. The Labute approximate surface area is 181 Å². The molecule has 30 heavy (non-hydrogen) atoms. The van der Waals surface area contributed by atoms with Crippen molar-refractivity contribution in [3.63, 3.8) is 0 Å². The van der Waals surface area contributed by atoms with E-state index < -0.39 is 0 Å². The van der Waals surface area contributed by atoms with Crippen molar-refractivity contribution >= 4 is 35.2 Å². The van der Waals surface area contributed by atoms with E-state index >= 15 is 0 Å². The lowest BCUT2D eigenvalue weighted by Gasteiger charge is -2.31. The summed E-state index contributed by atoms with van der Waals surface area (Å²) < 4.78 is 5.72. The van der Waals surface area contributed by atoms with Crippen LogP contribution in [0.25, 0.3) is 6.08 Å². The van der Waals surface area contributed by atoms with Crippen LogP contribution in [0.2, 0.25) is 5.02 Å². The van der Waals surface area contributed by atoms with Gasteiger partial charge < -0.3 is 15.0 Å². The summed E-state index contributed by atoms with van der Waals surface area (Å²) in [6.07, 6.45) is 6.90. The van der Waals surface area contributed by atoms with Crippen LogP contribution >= 0.6 is 11.6 Å². The Morgan fingerprint density at radius 3 is 2.83 bits per heavy atom. The van der Waals surface area contributed by atoms with Crippen LogP contribution in [0.5, 0.6) is 5.75 Å². The fourth-order valence-corrected chi connectivity index (χ4v) is 3.88. The van der Waals surface area contributed by atoms with Crippen LogP contribution in [-0.4, -0.2) is 36.4 Å². The van der Waals surface area contributed by atoms with Gasteiger partial charge in [-0.05, 0) is 54.8 Å². The standard InChI is InChI=1S/C24H23ClN2O3/c25-20-9-10-22-19(14-20)13-17(16-30-22)8-11-23(28)27-12-4-5-18(15-27)24(29)26-21-6-2-1-3-7-21/h1-3,6-11,13-14,18H,4-5,12,15-16H2,(H,26,29)/b11-8+. The molecule has 0 bridgehead atoms. The number of anilines is 1. The molecule has 2 aliphatic heterocycles. The van der Waals surface area contributed by atoms with Crippen LogP contribution in [-0.2, 0) is 9.59 Å². The van der Waals surface area contributed by atoms with E-state index in [4.69, 9.17) is 16.3 Å². The van der Waals surface area contributed by atoms with Gasteiger partial charge >= 0.3 is 0 Å². The second-order valence-corrected chi connectivity index (χ2v) is 7.94. The molecule has 2 aliphatic rings. The number of carbonyl (C=O) groups is 2. The number of halogens is 1. The van der Waals surface area contributed by atoms with Crippen LogP contribution in [0.3, 0.4) is 0 Å². The first kappa shape index (κ1) is 20.2. The number of fused-ring (bicyclic) bond motifs is 1. The molecule has 2 amide bonds. The van der Waals surface area contributed by atoms with Crippen molar-refractivity contribution in [3.05, 3.63) is 76.8 Å². The van der Waals surface area contributed by atoms with Crippen molar-refractivity contribution in [1.82, 2.24) is 4.90 Å². The number of piperidine rings is 1. The number of para-hydroxylation sites is 1. The Morgan fingerprint density at radius 2 is 2.00 bits per heavy atom. The molecule has 0 spiro atoms. The molecule has 6 heteroatoms. The van der Waals surface area contributed by atoms with Crippen LogP contribution in [0.1, 0.15) is 18.4 Å². The van der Waals surface area contributed by atoms with Crippen molar-refractivity contribution in [2.75, 3.05) is 25.0 Å². The summed E-state index contributed by atoms with van der Waals surface area (Å²) in [6, 6.07) is 14.9. The third-order valence-electron chi connectivity index (χ3n) is 5.29. The van der Waals surface area contributed by atoms with Crippen molar-refractivity contribution < 1.29 is 14.3 Å². The minimum absolute atomic E-state index is 0.0421. The number of likely N-dealkylation sites (tertiary alicyclic amines) is 1. The van der Waals surface area contributed by atoms with Crippen LogP contribution in [0.4, 0.5) is 5.69 Å². The zero-order valence-corrected chi connectivity index (χ0v) is 17.3. The average molecular weight is 423 g/mol. The lowest BCUT2D eigenvalue weighted by molar-refractivity contribution is -0.130. The zero-order valence-electron chi connectivity index (χ0n) is 16.5. The van der Waals surface area contributed by atoms with Crippen molar-refractivity contribution in [3.8, 4) is 5.75 Å². The molecule has 4 rings (SSSR count). The molecule has 1 N–H and O–H groups in total. The molecule has 5 nitrogen and oxygen atoms in total. The van der Waals surface area contributed by atoms with Gasteiger partial charge in [0.1, 0.15) is 12.4 Å². The Hall–Kier alpha value is -3.05. The van der Waals surface area contributed by atoms with Gasteiger partial charge in [-0.2, -0.15) is 0 Å². The Kier molecular flexibility index (Phi) is 6.19. The highest BCUT2D eigenvalue weighted by Crippen LogP contribution is 2.29. The van der Waals surface area contributed by atoms with Gasteiger partial charge in [0.2, 0.25) is 11.8 Å². The highest BCUT2D eigenvalue weighted by atomic mass is 35.5. The normalized spacial score (nSPS) is 18.4. The smallest absolute Gasteiger partial charge is 0.246 e. The summed E-state index contributed by atoms with van der Waals surface area (Å²) in [5, 5.41) is 3.58. The molecule has 1 unspecified atom stereocenters. The van der Waals surface area contributed by atoms with E-state index in [0.29, 0.717) is 24.7 Å². The molecular formula is C24H23ClN2O3. The van der Waals surface area contributed by atoms with Gasteiger partial charge in [-0.3, -0.25) is 9.59 Å². The van der Waals surface area contributed by atoms with Gasteiger partial charge in [0.15, 0.2) is 0 Å². The molecule has 0 aliphatic carbocycles. The molecule has 1 saturated heterocycles. The molecule has 2 heterocycles. The molecule has 2 aromatic carbocycles. The maximum absolute atomic E-state index is 12.7. The number of nitrogens with zero attached hydrogens (tertiary/aromatic N) is 1. The van der Waals surface area contributed by atoms with E-state index in [1.54, 1.807) is 23.1 Å². The van der Waals surface area contributed by atoms with E-state index in [2.05, 4.69) is 5.32 Å². The summed E-state index contributed by atoms with van der Waals surface area (Å²) >= 11 is 6.05. The zero-order chi connectivity index (χ0) is 20.9. The van der Waals surface area contributed by atoms with E-state index in [0.717, 1.165) is 35.4 Å². The Bertz CT molecular complexity index is 1000.